The Morgan fingerprint density at radius 1 is 1.45 bits per heavy atom. The molecule has 0 bridgehead atoms. The summed E-state index contributed by atoms with van der Waals surface area (Å²) in [4.78, 5) is 19.0. The molecule has 0 saturated heterocycles. The van der Waals surface area contributed by atoms with Gasteiger partial charge in [0.05, 0.1) is 11.9 Å². The number of aromatic amines is 1. The Bertz CT molecular complexity index is 564. The third-order valence-corrected chi connectivity index (χ3v) is 2.72. The van der Waals surface area contributed by atoms with Crippen molar-refractivity contribution in [2.45, 2.75) is 6.42 Å². The molecule has 5 nitrogen and oxygen atoms in total. The summed E-state index contributed by atoms with van der Waals surface area (Å²) in [5, 5.41) is 2.86. The van der Waals surface area contributed by atoms with Crippen molar-refractivity contribution in [3.8, 4) is 5.75 Å². The van der Waals surface area contributed by atoms with Gasteiger partial charge in [-0.25, -0.2) is 4.98 Å². The van der Waals surface area contributed by atoms with Gasteiger partial charge >= 0.3 is 0 Å². The van der Waals surface area contributed by atoms with Crippen LogP contribution in [0.4, 0.5) is 0 Å². The largest absolute Gasteiger partial charge is 0.489 e. The maximum Gasteiger partial charge on any atom is 0.255 e. The molecule has 0 fully saturated rings. The van der Waals surface area contributed by atoms with Crippen LogP contribution in [0.15, 0.2) is 49.4 Å². The Labute approximate surface area is 117 Å². The van der Waals surface area contributed by atoms with E-state index in [1.807, 2.05) is 12.1 Å². The van der Waals surface area contributed by atoms with Crippen molar-refractivity contribution in [1.29, 1.82) is 0 Å². The highest BCUT2D eigenvalue weighted by atomic mass is 16.5. The first-order valence-corrected chi connectivity index (χ1v) is 6.39. The topological polar surface area (TPSA) is 67.0 Å². The molecule has 2 N–H and O–H groups in total. The molecule has 1 heterocycles. The number of nitrogens with one attached hydrogen (secondary N) is 2. The van der Waals surface area contributed by atoms with Gasteiger partial charge in [0.15, 0.2) is 0 Å². The third-order valence-electron chi connectivity index (χ3n) is 2.72. The summed E-state index contributed by atoms with van der Waals surface area (Å²) >= 11 is 0. The summed E-state index contributed by atoms with van der Waals surface area (Å²) in [5.74, 6) is 0.413. The molecule has 2 aromatic rings. The molecule has 20 heavy (non-hydrogen) atoms. The second-order valence-electron chi connectivity index (χ2n) is 4.18. The van der Waals surface area contributed by atoms with Crippen molar-refractivity contribution in [2.24, 2.45) is 0 Å². The molecule has 0 atom stereocenters. The molecule has 1 amide bonds. The number of hydrogen-bond acceptors (Lipinski definition) is 3. The number of aromatic nitrogens is 2. The Morgan fingerprint density at radius 3 is 3.05 bits per heavy atom. The summed E-state index contributed by atoms with van der Waals surface area (Å²) in [6.07, 6.45) is 5.72. The highest BCUT2D eigenvalue weighted by Gasteiger charge is 2.11. The highest BCUT2D eigenvalue weighted by Crippen LogP contribution is 2.17. The van der Waals surface area contributed by atoms with Gasteiger partial charge < -0.3 is 15.0 Å². The summed E-state index contributed by atoms with van der Waals surface area (Å²) in [5.41, 5.74) is 1.51. The van der Waals surface area contributed by atoms with Crippen molar-refractivity contribution in [2.75, 3.05) is 13.2 Å². The highest BCUT2D eigenvalue weighted by molar-refractivity contribution is 5.96. The van der Waals surface area contributed by atoms with Gasteiger partial charge in [-0.15, -0.1) is 0 Å². The minimum atomic E-state index is -0.149. The molecular weight excluding hydrogens is 254 g/mol. The fraction of sp³-hybridized carbons (Fsp3) is 0.200. The predicted molar refractivity (Wildman–Crippen MR) is 76.8 cm³/mol. The number of H-pyrrole nitrogens is 1. The van der Waals surface area contributed by atoms with Gasteiger partial charge in [-0.3, -0.25) is 4.79 Å². The Morgan fingerprint density at radius 2 is 2.30 bits per heavy atom. The van der Waals surface area contributed by atoms with Crippen LogP contribution in [-0.2, 0) is 6.42 Å². The standard InChI is InChI=1S/C15H17N3O2/c1-2-9-20-14-6-4-3-5-13(14)15(19)17-8-7-12-10-16-11-18-12/h2-6,10-11H,1,7-9H2,(H,16,18)(H,17,19). The SMILES string of the molecule is C=CCOc1ccccc1C(=O)NCCc1cnc[nH]1. The molecule has 1 aromatic carbocycles. The minimum Gasteiger partial charge on any atom is -0.489 e. The van der Waals surface area contributed by atoms with E-state index in [2.05, 4.69) is 21.9 Å². The van der Waals surface area contributed by atoms with Gasteiger partial charge in [-0.05, 0) is 12.1 Å². The van der Waals surface area contributed by atoms with Gasteiger partial charge in [0.1, 0.15) is 12.4 Å². The molecule has 0 aliphatic heterocycles. The second-order valence-corrected chi connectivity index (χ2v) is 4.18. The lowest BCUT2D eigenvalue weighted by molar-refractivity contribution is 0.0950. The van der Waals surface area contributed by atoms with Gasteiger partial charge in [-0.2, -0.15) is 0 Å². The van der Waals surface area contributed by atoms with E-state index in [0.717, 1.165) is 5.69 Å². The van der Waals surface area contributed by atoms with Gasteiger partial charge in [0.2, 0.25) is 0 Å². The fourth-order valence-corrected chi connectivity index (χ4v) is 1.76. The summed E-state index contributed by atoms with van der Waals surface area (Å²) < 4.78 is 5.46. The maximum atomic E-state index is 12.1. The molecule has 5 heteroatoms. The zero-order chi connectivity index (χ0) is 14.2. The number of carbonyl (C=O) groups excluding carboxylic acids is 1. The first-order valence-electron chi connectivity index (χ1n) is 6.39. The van der Waals surface area contributed by atoms with Crippen LogP contribution >= 0.6 is 0 Å². The Hall–Kier alpha value is -2.56. The summed E-state index contributed by atoms with van der Waals surface area (Å²) in [6.45, 7) is 4.51. The monoisotopic (exact) mass is 271 g/mol. The smallest absolute Gasteiger partial charge is 0.255 e. The molecule has 0 aliphatic rings. The van der Waals surface area contributed by atoms with Crippen molar-refractivity contribution < 1.29 is 9.53 Å². The third kappa shape index (κ3) is 3.71. The van der Waals surface area contributed by atoms with Gasteiger partial charge in [-0.1, -0.05) is 24.8 Å². The molecule has 0 radical (unpaired) electrons. The fourth-order valence-electron chi connectivity index (χ4n) is 1.76. The second kappa shape index (κ2) is 7.13. The number of hydrogen-bond donors (Lipinski definition) is 2. The van der Waals surface area contributed by atoms with Crippen LogP contribution in [0.25, 0.3) is 0 Å². The van der Waals surface area contributed by atoms with E-state index in [0.29, 0.717) is 30.9 Å². The molecule has 0 unspecified atom stereocenters. The average Bonchev–Trinajstić information content (AvgIpc) is 2.98. The van der Waals surface area contributed by atoms with Crippen LogP contribution in [0.5, 0.6) is 5.75 Å². The predicted octanol–water partition coefficient (Wildman–Crippen LogP) is 1.95. The van der Waals surface area contributed by atoms with Crippen molar-refractivity contribution >= 4 is 5.91 Å². The van der Waals surface area contributed by atoms with E-state index in [1.165, 1.54) is 0 Å². The number of ether oxygens (including phenoxy) is 1. The number of nitrogens with zero attached hydrogens (tertiary/aromatic N) is 1. The van der Waals surface area contributed by atoms with Crippen molar-refractivity contribution in [1.82, 2.24) is 15.3 Å². The summed E-state index contributed by atoms with van der Waals surface area (Å²) in [7, 11) is 0. The lowest BCUT2D eigenvalue weighted by Gasteiger charge is -2.10. The number of para-hydroxylation sites is 1. The first-order chi connectivity index (χ1) is 9.81. The number of carbonyl (C=O) groups is 1. The molecule has 0 spiro atoms. The van der Waals surface area contributed by atoms with Crippen molar-refractivity contribution in [3.05, 3.63) is 60.7 Å². The van der Waals surface area contributed by atoms with E-state index in [-0.39, 0.29) is 5.91 Å². The van der Waals surface area contributed by atoms with Crippen LogP contribution < -0.4 is 10.1 Å². The van der Waals surface area contributed by atoms with Gasteiger partial charge in [0.25, 0.3) is 5.91 Å². The van der Waals surface area contributed by atoms with E-state index >= 15 is 0 Å². The normalized spacial score (nSPS) is 10.0. The maximum absolute atomic E-state index is 12.1. The number of benzene rings is 1. The van der Waals surface area contributed by atoms with E-state index in [9.17, 15) is 4.79 Å². The number of imidazole rings is 1. The lowest BCUT2D eigenvalue weighted by Crippen LogP contribution is -2.26. The molecule has 2 rings (SSSR count). The molecule has 1 aromatic heterocycles. The van der Waals surface area contributed by atoms with Crippen LogP contribution in [-0.4, -0.2) is 29.0 Å². The zero-order valence-corrected chi connectivity index (χ0v) is 11.1. The minimum absolute atomic E-state index is 0.149. The number of amides is 1. The Balaban J connectivity index is 1.92. The average molecular weight is 271 g/mol. The lowest BCUT2D eigenvalue weighted by atomic mass is 10.2. The molecular formula is C15H17N3O2. The van der Waals surface area contributed by atoms with Crippen LogP contribution in [0.3, 0.4) is 0 Å². The van der Waals surface area contributed by atoms with Gasteiger partial charge in [0, 0.05) is 24.9 Å². The molecule has 104 valence electrons. The number of rotatable bonds is 7. The first kappa shape index (κ1) is 13.9. The van der Waals surface area contributed by atoms with E-state index in [4.69, 9.17) is 4.74 Å². The molecule has 0 aliphatic carbocycles. The molecule has 0 saturated carbocycles. The van der Waals surface area contributed by atoms with Crippen LogP contribution in [0, 0.1) is 0 Å². The zero-order valence-electron chi connectivity index (χ0n) is 11.1. The summed E-state index contributed by atoms with van der Waals surface area (Å²) in [6, 6.07) is 7.15. The van der Waals surface area contributed by atoms with E-state index < -0.39 is 0 Å². The Kier molecular flexibility index (Phi) is 4.94. The van der Waals surface area contributed by atoms with E-state index in [1.54, 1.807) is 30.7 Å². The quantitative estimate of drug-likeness (QED) is 0.756. The van der Waals surface area contributed by atoms with Crippen molar-refractivity contribution in [3.63, 3.8) is 0 Å². The van der Waals surface area contributed by atoms with Crippen LogP contribution in [0.1, 0.15) is 16.1 Å². The van der Waals surface area contributed by atoms with Crippen LogP contribution in [0.2, 0.25) is 0 Å².